The van der Waals surface area contributed by atoms with E-state index < -0.39 is 0 Å². The van der Waals surface area contributed by atoms with E-state index in [-0.39, 0.29) is 0 Å². The summed E-state index contributed by atoms with van der Waals surface area (Å²) in [4.78, 5) is 4.62. The Bertz CT molecular complexity index is 985. The van der Waals surface area contributed by atoms with Crippen molar-refractivity contribution in [3.63, 3.8) is 0 Å². The molecule has 0 amide bonds. The fraction of sp³-hybridized carbons (Fsp3) is 0.105. The highest BCUT2D eigenvalue weighted by Crippen LogP contribution is 2.23. The standard InChI is InChI=1S/C19H15ClN2/c1-13-21-18-9-8-17(20)11-19(18)22(13)12-14-6-7-15-4-2-3-5-16(15)10-14/h2-11H,12H2,1H3. The Labute approximate surface area is 134 Å². The minimum atomic E-state index is 0.743. The Morgan fingerprint density at radius 2 is 1.77 bits per heavy atom. The number of imidazole rings is 1. The van der Waals surface area contributed by atoms with Crippen LogP contribution >= 0.6 is 11.6 Å². The molecule has 0 aliphatic rings. The molecule has 0 spiro atoms. The quantitative estimate of drug-likeness (QED) is 0.498. The van der Waals surface area contributed by atoms with E-state index in [1.54, 1.807) is 0 Å². The van der Waals surface area contributed by atoms with E-state index >= 15 is 0 Å². The van der Waals surface area contributed by atoms with Crippen molar-refractivity contribution in [2.45, 2.75) is 13.5 Å². The molecule has 1 aromatic heterocycles. The summed E-state index contributed by atoms with van der Waals surface area (Å²) in [6.07, 6.45) is 0. The first-order valence-electron chi connectivity index (χ1n) is 7.31. The number of fused-ring (bicyclic) bond motifs is 2. The molecule has 4 aromatic rings. The van der Waals surface area contributed by atoms with Gasteiger partial charge in [-0.15, -0.1) is 0 Å². The van der Waals surface area contributed by atoms with E-state index in [1.165, 1.54) is 16.3 Å². The lowest BCUT2D eigenvalue weighted by molar-refractivity contribution is 0.787. The van der Waals surface area contributed by atoms with Crippen molar-refractivity contribution in [3.8, 4) is 0 Å². The van der Waals surface area contributed by atoms with E-state index in [9.17, 15) is 0 Å². The lowest BCUT2D eigenvalue weighted by Gasteiger charge is -2.08. The van der Waals surface area contributed by atoms with Gasteiger partial charge in [0, 0.05) is 11.6 Å². The summed E-state index contributed by atoms with van der Waals surface area (Å²) in [6.45, 7) is 2.84. The predicted octanol–water partition coefficient (Wildman–Crippen LogP) is 5.20. The lowest BCUT2D eigenvalue weighted by Crippen LogP contribution is -2.01. The number of aryl methyl sites for hydroxylation is 1. The highest BCUT2D eigenvalue weighted by molar-refractivity contribution is 6.31. The van der Waals surface area contributed by atoms with Crippen molar-refractivity contribution in [1.29, 1.82) is 0 Å². The molecular formula is C19H15ClN2. The molecule has 0 unspecified atom stereocenters. The summed E-state index contributed by atoms with van der Waals surface area (Å²) in [5.41, 5.74) is 3.34. The third-order valence-corrected chi connectivity index (χ3v) is 4.29. The fourth-order valence-corrected chi connectivity index (χ4v) is 3.10. The van der Waals surface area contributed by atoms with Crippen LogP contribution in [-0.2, 0) is 6.54 Å². The van der Waals surface area contributed by atoms with Gasteiger partial charge < -0.3 is 4.57 Å². The first kappa shape index (κ1) is 13.4. The summed E-state index contributed by atoms with van der Waals surface area (Å²) < 4.78 is 2.21. The molecule has 0 saturated carbocycles. The SMILES string of the molecule is Cc1nc2ccc(Cl)cc2n1Cc1ccc2ccccc2c1. The number of hydrogen-bond donors (Lipinski definition) is 0. The predicted molar refractivity (Wildman–Crippen MR) is 92.5 cm³/mol. The van der Waals surface area contributed by atoms with Crippen LogP contribution < -0.4 is 0 Å². The second-order valence-electron chi connectivity index (χ2n) is 5.56. The number of rotatable bonds is 2. The average molecular weight is 307 g/mol. The summed E-state index contributed by atoms with van der Waals surface area (Å²) in [5, 5.41) is 3.27. The Kier molecular flexibility index (Phi) is 3.12. The molecule has 4 rings (SSSR count). The smallest absolute Gasteiger partial charge is 0.107 e. The Morgan fingerprint density at radius 3 is 2.64 bits per heavy atom. The van der Waals surface area contributed by atoms with Crippen molar-refractivity contribution < 1.29 is 0 Å². The van der Waals surface area contributed by atoms with E-state index in [4.69, 9.17) is 11.6 Å². The Hall–Kier alpha value is -2.32. The minimum absolute atomic E-state index is 0.743. The van der Waals surface area contributed by atoms with Crippen LogP contribution in [-0.4, -0.2) is 9.55 Å². The van der Waals surface area contributed by atoms with Crippen LogP contribution in [0.2, 0.25) is 5.02 Å². The van der Waals surface area contributed by atoms with E-state index in [2.05, 4.69) is 52.0 Å². The van der Waals surface area contributed by atoms with E-state index in [0.29, 0.717) is 0 Å². The van der Waals surface area contributed by atoms with E-state index in [1.807, 2.05) is 25.1 Å². The van der Waals surface area contributed by atoms with Crippen molar-refractivity contribution in [1.82, 2.24) is 9.55 Å². The van der Waals surface area contributed by atoms with Gasteiger partial charge in [0.1, 0.15) is 5.82 Å². The minimum Gasteiger partial charge on any atom is -0.324 e. The van der Waals surface area contributed by atoms with Crippen molar-refractivity contribution in [3.05, 3.63) is 77.1 Å². The second-order valence-corrected chi connectivity index (χ2v) is 6.00. The summed E-state index contributed by atoms with van der Waals surface area (Å²) in [5.74, 6) is 1.01. The molecular weight excluding hydrogens is 292 g/mol. The normalized spacial score (nSPS) is 11.4. The first-order chi connectivity index (χ1) is 10.7. The van der Waals surface area contributed by atoms with Crippen LogP contribution in [0, 0.1) is 6.92 Å². The molecule has 0 bridgehead atoms. The molecule has 22 heavy (non-hydrogen) atoms. The molecule has 0 saturated heterocycles. The molecule has 0 aliphatic heterocycles. The van der Waals surface area contributed by atoms with Crippen molar-refractivity contribution in [2.24, 2.45) is 0 Å². The van der Waals surface area contributed by atoms with Gasteiger partial charge in [0.05, 0.1) is 11.0 Å². The molecule has 0 radical (unpaired) electrons. The van der Waals surface area contributed by atoms with Crippen LogP contribution in [0.5, 0.6) is 0 Å². The third-order valence-electron chi connectivity index (χ3n) is 4.06. The summed E-state index contributed by atoms with van der Waals surface area (Å²) in [7, 11) is 0. The van der Waals surface area contributed by atoms with Crippen LogP contribution in [0.3, 0.4) is 0 Å². The van der Waals surface area contributed by atoms with Crippen LogP contribution in [0.4, 0.5) is 0 Å². The van der Waals surface area contributed by atoms with Gasteiger partial charge in [0.25, 0.3) is 0 Å². The molecule has 3 aromatic carbocycles. The van der Waals surface area contributed by atoms with Gasteiger partial charge in [-0.1, -0.05) is 48.0 Å². The maximum absolute atomic E-state index is 6.14. The lowest BCUT2D eigenvalue weighted by atomic mass is 10.1. The third kappa shape index (κ3) is 2.26. The summed E-state index contributed by atoms with van der Waals surface area (Å²) >= 11 is 6.14. The van der Waals surface area contributed by atoms with Crippen LogP contribution in [0.15, 0.2) is 60.7 Å². The summed E-state index contributed by atoms with van der Waals surface area (Å²) in [6, 6.07) is 20.9. The molecule has 0 atom stereocenters. The fourth-order valence-electron chi connectivity index (χ4n) is 2.94. The Balaban J connectivity index is 1.81. The van der Waals surface area contributed by atoms with Crippen molar-refractivity contribution in [2.75, 3.05) is 0 Å². The zero-order valence-electron chi connectivity index (χ0n) is 12.3. The monoisotopic (exact) mass is 306 g/mol. The van der Waals surface area contributed by atoms with Crippen molar-refractivity contribution >= 4 is 33.4 Å². The topological polar surface area (TPSA) is 17.8 Å². The number of benzene rings is 3. The zero-order valence-corrected chi connectivity index (χ0v) is 13.0. The maximum Gasteiger partial charge on any atom is 0.107 e. The van der Waals surface area contributed by atoms with Crippen LogP contribution in [0.25, 0.3) is 21.8 Å². The maximum atomic E-state index is 6.14. The first-order valence-corrected chi connectivity index (χ1v) is 7.68. The van der Waals surface area contributed by atoms with Gasteiger partial charge in [-0.05, 0) is 47.5 Å². The molecule has 0 fully saturated rings. The average Bonchev–Trinajstić information content (AvgIpc) is 2.83. The highest BCUT2D eigenvalue weighted by atomic mass is 35.5. The van der Waals surface area contributed by atoms with Gasteiger partial charge in [-0.25, -0.2) is 4.98 Å². The number of aromatic nitrogens is 2. The molecule has 2 nitrogen and oxygen atoms in total. The van der Waals surface area contributed by atoms with Gasteiger partial charge in [0.15, 0.2) is 0 Å². The Morgan fingerprint density at radius 1 is 0.955 bits per heavy atom. The number of nitrogens with zero attached hydrogens (tertiary/aromatic N) is 2. The highest BCUT2D eigenvalue weighted by Gasteiger charge is 2.08. The molecule has 1 heterocycles. The molecule has 3 heteroatoms. The van der Waals surface area contributed by atoms with Gasteiger partial charge in [0.2, 0.25) is 0 Å². The number of hydrogen-bond acceptors (Lipinski definition) is 1. The molecule has 0 N–H and O–H groups in total. The van der Waals surface area contributed by atoms with Gasteiger partial charge in [-0.3, -0.25) is 0 Å². The van der Waals surface area contributed by atoms with Gasteiger partial charge in [-0.2, -0.15) is 0 Å². The molecule has 108 valence electrons. The van der Waals surface area contributed by atoms with Gasteiger partial charge >= 0.3 is 0 Å². The number of halogens is 1. The largest absolute Gasteiger partial charge is 0.324 e. The molecule has 0 aliphatic carbocycles. The second kappa shape index (κ2) is 5.15. The van der Waals surface area contributed by atoms with E-state index in [0.717, 1.165) is 28.4 Å². The zero-order chi connectivity index (χ0) is 15.1. The van der Waals surface area contributed by atoms with Crippen LogP contribution in [0.1, 0.15) is 11.4 Å².